The van der Waals surface area contributed by atoms with E-state index in [1.165, 1.54) is 4.90 Å². The van der Waals surface area contributed by atoms with E-state index in [0.717, 1.165) is 24.8 Å². The smallest absolute Gasteiger partial charge is 0.407 e. The highest BCUT2D eigenvalue weighted by atomic mass is 35.5. The molecule has 2 aliphatic rings. The van der Waals surface area contributed by atoms with E-state index >= 15 is 0 Å². The monoisotopic (exact) mass is 329 g/mol. The lowest BCUT2D eigenvalue weighted by atomic mass is 9.83. The second kappa shape index (κ2) is 5.67. The molecule has 0 saturated carbocycles. The first kappa shape index (κ1) is 14.9. The fourth-order valence-corrected chi connectivity index (χ4v) is 3.59. The van der Waals surface area contributed by atoms with Gasteiger partial charge in [-0.05, 0) is 37.0 Å². The molecule has 114 valence electrons. The molecule has 1 aromatic carbocycles. The van der Waals surface area contributed by atoms with Crippen molar-refractivity contribution >= 4 is 29.3 Å². The highest BCUT2D eigenvalue weighted by Crippen LogP contribution is 2.43. The van der Waals surface area contributed by atoms with Crippen LogP contribution in [0.3, 0.4) is 0 Å². The summed E-state index contributed by atoms with van der Waals surface area (Å²) in [5.74, 6) is 0.302. The van der Waals surface area contributed by atoms with Crippen molar-refractivity contribution in [3.63, 3.8) is 0 Å². The van der Waals surface area contributed by atoms with Crippen LogP contribution >= 0.6 is 23.2 Å². The van der Waals surface area contributed by atoms with Crippen molar-refractivity contribution in [3.8, 4) is 0 Å². The molecule has 0 aromatic heterocycles. The zero-order valence-corrected chi connectivity index (χ0v) is 13.0. The number of piperidine rings is 1. The number of ether oxygens (including phenoxy) is 1. The van der Waals surface area contributed by atoms with E-state index in [0.29, 0.717) is 35.7 Å². The number of carboxylic acid groups (broad SMARTS) is 1. The summed E-state index contributed by atoms with van der Waals surface area (Å²) in [6.45, 7) is 1.75. The Kier molecular flexibility index (Phi) is 4.04. The highest BCUT2D eigenvalue weighted by molar-refractivity contribution is 6.42. The van der Waals surface area contributed by atoms with E-state index in [1.54, 1.807) is 0 Å². The van der Waals surface area contributed by atoms with Crippen molar-refractivity contribution in [2.75, 3.05) is 19.7 Å². The van der Waals surface area contributed by atoms with Crippen LogP contribution in [-0.2, 0) is 4.74 Å². The maximum Gasteiger partial charge on any atom is 0.407 e. The second-order valence-corrected chi connectivity index (χ2v) is 6.65. The minimum absolute atomic E-state index is 0.178. The van der Waals surface area contributed by atoms with E-state index in [4.69, 9.17) is 33.0 Å². The van der Waals surface area contributed by atoms with Crippen LogP contribution in [0.1, 0.15) is 30.7 Å². The van der Waals surface area contributed by atoms with Crippen molar-refractivity contribution in [2.24, 2.45) is 0 Å². The number of halogens is 2. The van der Waals surface area contributed by atoms with E-state index < -0.39 is 6.09 Å². The van der Waals surface area contributed by atoms with E-state index in [1.807, 2.05) is 18.2 Å². The van der Waals surface area contributed by atoms with Gasteiger partial charge in [0.1, 0.15) is 0 Å². The van der Waals surface area contributed by atoms with Crippen molar-refractivity contribution in [1.29, 1.82) is 0 Å². The number of likely N-dealkylation sites (tertiary alicyclic amines) is 1. The van der Waals surface area contributed by atoms with Crippen molar-refractivity contribution in [1.82, 2.24) is 4.90 Å². The first-order valence-corrected chi connectivity index (χ1v) is 7.81. The molecule has 4 nitrogen and oxygen atoms in total. The van der Waals surface area contributed by atoms with Gasteiger partial charge in [-0.3, -0.25) is 0 Å². The molecule has 2 aliphatic heterocycles. The van der Waals surface area contributed by atoms with Crippen molar-refractivity contribution in [2.45, 2.75) is 30.8 Å². The molecule has 0 radical (unpaired) electrons. The maximum absolute atomic E-state index is 11.0. The first-order valence-electron chi connectivity index (χ1n) is 7.06. The van der Waals surface area contributed by atoms with Gasteiger partial charge in [0.15, 0.2) is 0 Å². The predicted octanol–water partition coefficient (Wildman–Crippen LogP) is 4.01. The molecule has 2 fully saturated rings. The fourth-order valence-electron chi connectivity index (χ4n) is 3.28. The quantitative estimate of drug-likeness (QED) is 0.846. The minimum atomic E-state index is -0.844. The van der Waals surface area contributed by atoms with E-state index in [9.17, 15) is 4.79 Å². The molecule has 1 aromatic rings. The Balaban J connectivity index is 1.68. The van der Waals surface area contributed by atoms with Crippen LogP contribution in [0.5, 0.6) is 0 Å². The van der Waals surface area contributed by atoms with Gasteiger partial charge < -0.3 is 14.7 Å². The Morgan fingerprint density at radius 1 is 1.29 bits per heavy atom. The average Bonchev–Trinajstić information content (AvgIpc) is 2.86. The summed E-state index contributed by atoms with van der Waals surface area (Å²) >= 11 is 12.0. The average molecular weight is 330 g/mol. The van der Waals surface area contributed by atoms with Crippen LogP contribution in [-0.4, -0.2) is 41.4 Å². The molecule has 0 bridgehead atoms. The van der Waals surface area contributed by atoms with Gasteiger partial charge in [0.25, 0.3) is 0 Å². The third-order valence-corrected chi connectivity index (χ3v) is 5.31. The molecule has 1 amide bonds. The van der Waals surface area contributed by atoms with Crippen LogP contribution in [0.25, 0.3) is 0 Å². The maximum atomic E-state index is 11.0. The van der Waals surface area contributed by atoms with Crippen molar-refractivity contribution < 1.29 is 14.6 Å². The molecule has 1 N–H and O–H groups in total. The Hall–Kier alpha value is -0.970. The van der Waals surface area contributed by atoms with Gasteiger partial charge >= 0.3 is 6.09 Å². The Labute approximate surface area is 133 Å². The molecule has 1 unspecified atom stereocenters. The largest absolute Gasteiger partial charge is 0.465 e. The SMILES string of the molecule is O=C(O)N1CCC2(CC1)CC(c1ccc(Cl)c(Cl)c1)CO2. The number of carbonyl (C=O) groups is 1. The summed E-state index contributed by atoms with van der Waals surface area (Å²) in [6, 6.07) is 5.72. The van der Waals surface area contributed by atoms with Crippen LogP contribution in [0.15, 0.2) is 18.2 Å². The predicted molar refractivity (Wildman–Crippen MR) is 81.3 cm³/mol. The molecule has 2 saturated heterocycles. The number of amides is 1. The van der Waals surface area contributed by atoms with Gasteiger partial charge in [0.2, 0.25) is 0 Å². The standard InChI is InChI=1S/C15H17Cl2NO3/c16-12-2-1-10(7-13(12)17)11-8-15(21-9-11)3-5-18(6-4-15)14(19)20/h1-2,7,11H,3-6,8-9H2,(H,19,20). The van der Waals surface area contributed by atoms with Crippen LogP contribution in [0.4, 0.5) is 4.79 Å². The lowest BCUT2D eigenvalue weighted by molar-refractivity contribution is -0.0394. The molecule has 1 atom stereocenters. The van der Waals surface area contributed by atoms with Gasteiger partial charge in [0.05, 0.1) is 22.3 Å². The normalized spacial score (nSPS) is 24.5. The Morgan fingerprint density at radius 2 is 2.00 bits per heavy atom. The molecule has 6 heteroatoms. The summed E-state index contributed by atoms with van der Waals surface area (Å²) in [5.41, 5.74) is 0.963. The van der Waals surface area contributed by atoms with Crippen LogP contribution in [0, 0.1) is 0 Å². The van der Waals surface area contributed by atoms with Gasteiger partial charge in [-0.25, -0.2) is 4.79 Å². The molecule has 1 spiro atoms. The first-order chi connectivity index (χ1) is 9.99. The summed E-state index contributed by atoms with van der Waals surface area (Å²) in [4.78, 5) is 12.4. The van der Waals surface area contributed by atoms with Crippen LogP contribution < -0.4 is 0 Å². The van der Waals surface area contributed by atoms with Gasteiger partial charge in [-0.15, -0.1) is 0 Å². The lowest BCUT2D eigenvalue weighted by Crippen LogP contribution is -2.45. The number of benzene rings is 1. The highest BCUT2D eigenvalue weighted by Gasteiger charge is 2.43. The lowest BCUT2D eigenvalue weighted by Gasteiger charge is -2.37. The third-order valence-electron chi connectivity index (χ3n) is 4.57. The summed E-state index contributed by atoms with van der Waals surface area (Å²) in [6.07, 6.45) is 1.59. The molecule has 21 heavy (non-hydrogen) atoms. The summed E-state index contributed by atoms with van der Waals surface area (Å²) in [7, 11) is 0. The fraction of sp³-hybridized carbons (Fsp3) is 0.533. The van der Waals surface area contributed by atoms with E-state index in [-0.39, 0.29) is 5.60 Å². The van der Waals surface area contributed by atoms with Gasteiger partial charge in [-0.1, -0.05) is 29.3 Å². The molecular weight excluding hydrogens is 313 g/mol. The van der Waals surface area contributed by atoms with Gasteiger partial charge in [-0.2, -0.15) is 0 Å². The molecule has 2 heterocycles. The Morgan fingerprint density at radius 3 is 2.62 bits per heavy atom. The second-order valence-electron chi connectivity index (χ2n) is 5.84. The molecule has 0 aliphatic carbocycles. The number of hydrogen-bond acceptors (Lipinski definition) is 2. The zero-order valence-electron chi connectivity index (χ0n) is 11.5. The summed E-state index contributed by atoms with van der Waals surface area (Å²) < 4.78 is 6.05. The van der Waals surface area contributed by atoms with Crippen LogP contribution in [0.2, 0.25) is 10.0 Å². The minimum Gasteiger partial charge on any atom is -0.465 e. The summed E-state index contributed by atoms with van der Waals surface area (Å²) in [5, 5.41) is 10.1. The third kappa shape index (κ3) is 2.98. The topological polar surface area (TPSA) is 49.8 Å². The zero-order chi connectivity index (χ0) is 15.0. The molecular formula is C15H17Cl2NO3. The Bertz CT molecular complexity index is 556. The van der Waals surface area contributed by atoms with E-state index in [2.05, 4.69) is 0 Å². The number of hydrogen-bond donors (Lipinski definition) is 1. The van der Waals surface area contributed by atoms with Gasteiger partial charge in [0, 0.05) is 19.0 Å². The molecule has 3 rings (SSSR count). The number of nitrogens with zero attached hydrogens (tertiary/aromatic N) is 1. The number of rotatable bonds is 1. The van der Waals surface area contributed by atoms with Crippen molar-refractivity contribution in [3.05, 3.63) is 33.8 Å².